The number of ether oxygens (including phenoxy) is 1. The standard InChI is InChI=1S/C16H22N2O/c1-13(2)19-12-6-5-10-17-16-9-11-18-15-8-4-3-7-14(15)16/h3-4,7-9,11,13H,5-6,10,12H2,1-2H3,(H,17,18). The van der Waals surface area contributed by atoms with Gasteiger partial charge in [-0.2, -0.15) is 0 Å². The van der Waals surface area contributed by atoms with Gasteiger partial charge in [-0.15, -0.1) is 0 Å². The monoisotopic (exact) mass is 258 g/mol. The molecule has 1 N–H and O–H groups in total. The highest BCUT2D eigenvalue weighted by molar-refractivity contribution is 5.90. The molecule has 102 valence electrons. The van der Waals surface area contributed by atoms with E-state index in [1.165, 1.54) is 5.39 Å². The lowest BCUT2D eigenvalue weighted by Gasteiger charge is -2.10. The first-order valence-corrected chi connectivity index (χ1v) is 6.96. The second-order valence-corrected chi connectivity index (χ2v) is 4.93. The Bertz CT molecular complexity index is 506. The van der Waals surface area contributed by atoms with Crippen LogP contribution in [0.1, 0.15) is 26.7 Å². The zero-order chi connectivity index (χ0) is 13.5. The molecule has 19 heavy (non-hydrogen) atoms. The predicted octanol–water partition coefficient (Wildman–Crippen LogP) is 3.85. The van der Waals surface area contributed by atoms with Gasteiger partial charge < -0.3 is 10.1 Å². The first-order valence-electron chi connectivity index (χ1n) is 6.96. The minimum atomic E-state index is 0.331. The molecule has 0 spiro atoms. The van der Waals surface area contributed by atoms with E-state index in [0.717, 1.165) is 37.2 Å². The van der Waals surface area contributed by atoms with E-state index in [1.54, 1.807) is 0 Å². The normalized spacial score (nSPS) is 11.1. The fourth-order valence-electron chi connectivity index (χ4n) is 2.02. The maximum absolute atomic E-state index is 5.53. The van der Waals surface area contributed by atoms with Gasteiger partial charge in [-0.05, 0) is 38.8 Å². The number of benzene rings is 1. The van der Waals surface area contributed by atoms with Gasteiger partial charge in [0, 0.05) is 30.4 Å². The summed E-state index contributed by atoms with van der Waals surface area (Å²) in [7, 11) is 0. The average molecular weight is 258 g/mol. The minimum absolute atomic E-state index is 0.331. The van der Waals surface area contributed by atoms with Crippen LogP contribution in [0.25, 0.3) is 10.9 Å². The van der Waals surface area contributed by atoms with E-state index in [4.69, 9.17) is 4.74 Å². The summed E-state index contributed by atoms with van der Waals surface area (Å²) < 4.78 is 5.53. The van der Waals surface area contributed by atoms with Crippen LogP contribution in [-0.2, 0) is 4.74 Å². The Morgan fingerprint density at radius 3 is 2.84 bits per heavy atom. The highest BCUT2D eigenvalue weighted by Gasteiger charge is 2.00. The minimum Gasteiger partial charge on any atom is -0.384 e. The zero-order valence-corrected chi connectivity index (χ0v) is 11.7. The van der Waals surface area contributed by atoms with Crippen molar-refractivity contribution < 1.29 is 4.74 Å². The predicted molar refractivity (Wildman–Crippen MR) is 80.6 cm³/mol. The van der Waals surface area contributed by atoms with Crippen molar-refractivity contribution in [2.24, 2.45) is 0 Å². The van der Waals surface area contributed by atoms with Gasteiger partial charge in [0.05, 0.1) is 11.6 Å². The van der Waals surface area contributed by atoms with Crippen molar-refractivity contribution in [2.75, 3.05) is 18.5 Å². The van der Waals surface area contributed by atoms with Crippen LogP contribution in [0, 0.1) is 0 Å². The lowest BCUT2D eigenvalue weighted by Crippen LogP contribution is -2.07. The molecule has 2 aromatic rings. The highest BCUT2D eigenvalue weighted by Crippen LogP contribution is 2.20. The van der Waals surface area contributed by atoms with Crippen LogP contribution in [0.15, 0.2) is 36.5 Å². The molecule has 0 fully saturated rings. The number of unbranched alkanes of at least 4 members (excludes halogenated alkanes) is 1. The van der Waals surface area contributed by atoms with Gasteiger partial charge in [-0.3, -0.25) is 4.98 Å². The van der Waals surface area contributed by atoms with Crippen molar-refractivity contribution in [1.82, 2.24) is 4.98 Å². The summed E-state index contributed by atoms with van der Waals surface area (Å²) in [5.74, 6) is 0. The Morgan fingerprint density at radius 1 is 1.16 bits per heavy atom. The number of nitrogens with one attached hydrogen (secondary N) is 1. The van der Waals surface area contributed by atoms with Crippen LogP contribution in [0.2, 0.25) is 0 Å². The molecule has 0 atom stereocenters. The van der Waals surface area contributed by atoms with Gasteiger partial charge in [0.2, 0.25) is 0 Å². The van der Waals surface area contributed by atoms with Crippen molar-refractivity contribution in [2.45, 2.75) is 32.8 Å². The molecule has 1 aromatic heterocycles. The Kier molecular flexibility index (Phi) is 5.16. The second-order valence-electron chi connectivity index (χ2n) is 4.93. The lowest BCUT2D eigenvalue weighted by molar-refractivity contribution is 0.0765. The number of para-hydroxylation sites is 1. The van der Waals surface area contributed by atoms with Gasteiger partial charge in [-0.25, -0.2) is 0 Å². The van der Waals surface area contributed by atoms with Crippen molar-refractivity contribution in [1.29, 1.82) is 0 Å². The van der Waals surface area contributed by atoms with Crippen molar-refractivity contribution in [3.8, 4) is 0 Å². The van der Waals surface area contributed by atoms with Crippen LogP contribution in [0.3, 0.4) is 0 Å². The smallest absolute Gasteiger partial charge is 0.0722 e. The Morgan fingerprint density at radius 2 is 2.00 bits per heavy atom. The Balaban J connectivity index is 1.82. The van der Waals surface area contributed by atoms with Gasteiger partial charge in [0.1, 0.15) is 0 Å². The molecular formula is C16H22N2O. The molecule has 0 saturated heterocycles. The van der Waals surface area contributed by atoms with Crippen LogP contribution >= 0.6 is 0 Å². The van der Waals surface area contributed by atoms with E-state index in [2.05, 4.69) is 30.2 Å². The number of hydrogen-bond donors (Lipinski definition) is 1. The quantitative estimate of drug-likeness (QED) is 0.766. The number of aromatic nitrogens is 1. The molecule has 3 heteroatoms. The SMILES string of the molecule is CC(C)OCCCCNc1ccnc2ccccc12. The van der Waals surface area contributed by atoms with Gasteiger partial charge in [0.15, 0.2) is 0 Å². The Hall–Kier alpha value is -1.61. The summed E-state index contributed by atoms with van der Waals surface area (Å²) in [6.07, 6.45) is 4.39. The molecule has 1 heterocycles. The van der Waals surface area contributed by atoms with E-state index >= 15 is 0 Å². The topological polar surface area (TPSA) is 34.1 Å². The zero-order valence-electron chi connectivity index (χ0n) is 11.7. The van der Waals surface area contributed by atoms with E-state index in [9.17, 15) is 0 Å². The van der Waals surface area contributed by atoms with Crippen LogP contribution in [-0.4, -0.2) is 24.2 Å². The molecule has 0 unspecified atom stereocenters. The number of fused-ring (bicyclic) bond motifs is 1. The van der Waals surface area contributed by atoms with E-state index < -0.39 is 0 Å². The van der Waals surface area contributed by atoms with Gasteiger partial charge in [-0.1, -0.05) is 18.2 Å². The number of hydrogen-bond acceptors (Lipinski definition) is 3. The summed E-state index contributed by atoms with van der Waals surface area (Å²) in [5, 5.41) is 4.66. The third-order valence-corrected chi connectivity index (χ3v) is 2.99. The molecule has 0 bridgehead atoms. The summed E-state index contributed by atoms with van der Waals surface area (Å²) in [5.41, 5.74) is 2.20. The molecule has 1 aromatic carbocycles. The molecular weight excluding hydrogens is 236 g/mol. The van der Waals surface area contributed by atoms with Gasteiger partial charge in [0.25, 0.3) is 0 Å². The first kappa shape index (κ1) is 13.8. The van der Waals surface area contributed by atoms with E-state index in [0.29, 0.717) is 6.10 Å². The summed E-state index contributed by atoms with van der Waals surface area (Å²) in [6.45, 7) is 5.95. The third kappa shape index (κ3) is 4.21. The molecule has 0 amide bonds. The van der Waals surface area contributed by atoms with Crippen molar-refractivity contribution in [3.63, 3.8) is 0 Å². The fraction of sp³-hybridized carbons (Fsp3) is 0.438. The van der Waals surface area contributed by atoms with Crippen LogP contribution in [0.5, 0.6) is 0 Å². The first-order chi connectivity index (χ1) is 9.27. The molecule has 0 aliphatic heterocycles. The molecule has 0 aliphatic rings. The number of pyridine rings is 1. The number of nitrogens with zero attached hydrogens (tertiary/aromatic N) is 1. The number of anilines is 1. The third-order valence-electron chi connectivity index (χ3n) is 2.99. The second kappa shape index (κ2) is 7.10. The van der Waals surface area contributed by atoms with E-state index in [-0.39, 0.29) is 0 Å². The van der Waals surface area contributed by atoms with Crippen molar-refractivity contribution >= 4 is 16.6 Å². The van der Waals surface area contributed by atoms with Crippen LogP contribution in [0.4, 0.5) is 5.69 Å². The lowest BCUT2D eigenvalue weighted by atomic mass is 10.2. The maximum atomic E-state index is 5.53. The fourth-order valence-corrected chi connectivity index (χ4v) is 2.02. The maximum Gasteiger partial charge on any atom is 0.0722 e. The highest BCUT2D eigenvalue weighted by atomic mass is 16.5. The molecule has 3 nitrogen and oxygen atoms in total. The largest absolute Gasteiger partial charge is 0.384 e. The summed E-state index contributed by atoms with van der Waals surface area (Å²) in [4.78, 5) is 4.36. The molecule has 0 radical (unpaired) electrons. The molecule has 0 saturated carbocycles. The molecule has 2 rings (SSSR count). The van der Waals surface area contributed by atoms with Gasteiger partial charge >= 0.3 is 0 Å². The Labute approximate surface area is 115 Å². The summed E-state index contributed by atoms with van der Waals surface area (Å²) >= 11 is 0. The average Bonchev–Trinajstić information content (AvgIpc) is 2.42. The van der Waals surface area contributed by atoms with Crippen molar-refractivity contribution in [3.05, 3.63) is 36.5 Å². The van der Waals surface area contributed by atoms with Crippen LogP contribution < -0.4 is 5.32 Å². The van der Waals surface area contributed by atoms with E-state index in [1.807, 2.05) is 30.5 Å². The summed E-state index contributed by atoms with van der Waals surface area (Å²) in [6, 6.07) is 10.2. The number of rotatable bonds is 7. The molecule has 0 aliphatic carbocycles.